The molecule has 1 N–H and O–H groups in total. The van der Waals surface area contributed by atoms with Crippen LogP contribution in [0.3, 0.4) is 0 Å². The summed E-state index contributed by atoms with van der Waals surface area (Å²) in [5.74, 6) is 0.944. The van der Waals surface area contributed by atoms with E-state index < -0.39 is 0 Å². The molecule has 0 bridgehead atoms. The molecule has 0 radical (unpaired) electrons. The lowest BCUT2D eigenvalue weighted by Crippen LogP contribution is -2.19. The number of benzene rings is 1. The lowest BCUT2D eigenvalue weighted by atomic mass is 10.1. The van der Waals surface area contributed by atoms with Gasteiger partial charge in [0.05, 0.1) is 17.6 Å². The van der Waals surface area contributed by atoms with Gasteiger partial charge >= 0.3 is 0 Å². The zero-order chi connectivity index (χ0) is 14.7. The Morgan fingerprint density at radius 3 is 3.00 bits per heavy atom. The van der Waals surface area contributed by atoms with E-state index in [1.807, 2.05) is 30.3 Å². The molecule has 0 fully saturated rings. The Labute approximate surface area is 127 Å². The maximum absolute atomic E-state index is 6.10. The zero-order valence-electron chi connectivity index (χ0n) is 11.5. The van der Waals surface area contributed by atoms with Gasteiger partial charge < -0.3 is 9.73 Å². The fourth-order valence-electron chi connectivity index (χ4n) is 2.20. The van der Waals surface area contributed by atoms with Crippen LogP contribution in [0.25, 0.3) is 5.69 Å². The van der Waals surface area contributed by atoms with Gasteiger partial charge in [-0.2, -0.15) is 5.10 Å². The van der Waals surface area contributed by atoms with Crippen molar-refractivity contribution in [2.24, 2.45) is 0 Å². The second-order valence-electron chi connectivity index (χ2n) is 4.83. The number of nitrogens with zero attached hydrogens (tertiary/aromatic N) is 3. The molecule has 0 aliphatic rings. The zero-order valence-corrected chi connectivity index (χ0v) is 12.3. The van der Waals surface area contributed by atoms with Crippen molar-refractivity contribution in [2.45, 2.75) is 19.4 Å². The number of furan rings is 1. The highest BCUT2D eigenvalue weighted by atomic mass is 35.5. The van der Waals surface area contributed by atoms with E-state index in [0.717, 1.165) is 23.6 Å². The van der Waals surface area contributed by atoms with E-state index in [-0.39, 0.29) is 6.04 Å². The fourth-order valence-corrected chi connectivity index (χ4v) is 2.38. The topological polar surface area (TPSA) is 55.9 Å². The molecular weight excluding hydrogens is 288 g/mol. The SMILES string of the molecule is CC(Cc1ccco1)Nc1cc(Cl)ccc1-n1cncn1. The van der Waals surface area contributed by atoms with Crippen molar-refractivity contribution >= 4 is 17.3 Å². The summed E-state index contributed by atoms with van der Waals surface area (Å²) in [4.78, 5) is 3.98. The first kappa shape index (κ1) is 13.7. The van der Waals surface area contributed by atoms with Gasteiger partial charge in [-0.1, -0.05) is 11.6 Å². The molecule has 1 atom stereocenters. The molecule has 3 rings (SSSR count). The van der Waals surface area contributed by atoms with Gasteiger partial charge in [-0.25, -0.2) is 9.67 Å². The Hall–Kier alpha value is -2.27. The maximum Gasteiger partial charge on any atom is 0.138 e. The molecule has 21 heavy (non-hydrogen) atoms. The molecule has 0 amide bonds. The number of hydrogen-bond acceptors (Lipinski definition) is 4. The van der Waals surface area contributed by atoms with Crippen molar-refractivity contribution in [1.29, 1.82) is 0 Å². The summed E-state index contributed by atoms with van der Waals surface area (Å²) >= 11 is 6.10. The molecule has 0 saturated heterocycles. The molecule has 2 aromatic heterocycles. The number of aromatic nitrogens is 3. The molecule has 6 heteroatoms. The summed E-state index contributed by atoms with van der Waals surface area (Å²) in [5, 5.41) is 8.28. The first-order valence-electron chi connectivity index (χ1n) is 6.66. The van der Waals surface area contributed by atoms with Crippen LogP contribution in [0.5, 0.6) is 0 Å². The third-order valence-corrected chi connectivity index (χ3v) is 3.35. The van der Waals surface area contributed by atoms with E-state index in [0.29, 0.717) is 5.02 Å². The van der Waals surface area contributed by atoms with E-state index in [1.165, 1.54) is 6.33 Å². The third kappa shape index (κ3) is 3.25. The van der Waals surface area contributed by atoms with Crippen molar-refractivity contribution in [3.63, 3.8) is 0 Å². The number of nitrogens with one attached hydrogen (secondary N) is 1. The molecule has 0 saturated carbocycles. The summed E-state index contributed by atoms with van der Waals surface area (Å²) in [6.45, 7) is 2.09. The van der Waals surface area contributed by atoms with Crippen LogP contribution in [0, 0.1) is 0 Å². The summed E-state index contributed by atoms with van der Waals surface area (Å²) in [5.41, 5.74) is 1.82. The molecule has 1 unspecified atom stereocenters. The highest BCUT2D eigenvalue weighted by Gasteiger charge is 2.11. The lowest BCUT2D eigenvalue weighted by Gasteiger charge is -2.17. The van der Waals surface area contributed by atoms with Crippen molar-refractivity contribution in [3.8, 4) is 5.69 Å². The fraction of sp³-hybridized carbons (Fsp3) is 0.200. The minimum atomic E-state index is 0.192. The summed E-state index contributed by atoms with van der Waals surface area (Å²) < 4.78 is 7.08. The minimum Gasteiger partial charge on any atom is -0.469 e. The van der Waals surface area contributed by atoms with Gasteiger partial charge in [0.15, 0.2) is 0 Å². The molecule has 3 aromatic rings. The van der Waals surface area contributed by atoms with Crippen molar-refractivity contribution < 1.29 is 4.42 Å². The quantitative estimate of drug-likeness (QED) is 0.783. The van der Waals surface area contributed by atoms with Crippen LogP contribution < -0.4 is 5.32 Å². The second kappa shape index (κ2) is 6.01. The monoisotopic (exact) mass is 302 g/mol. The molecule has 5 nitrogen and oxygen atoms in total. The van der Waals surface area contributed by atoms with Gasteiger partial charge in [0.25, 0.3) is 0 Å². The lowest BCUT2D eigenvalue weighted by molar-refractivity contribution is 0.497. The van der Waals surface area contributed by atoms with Gasteiger partial charge in [-0.05, 0) is 37.3 Å². The largest absolute Gasteiger partial charge is 0.469 e. The molecule has 0 aliphatic heterocycles. The van der Waals surface area contributed by atoms with Gasteiger partial charge in [0.2, 0.25) is 0 Å². The van der Waals surface area contributed by atoms with Crippen LogP contribution in [0.15, 0.2) is 53.7 Å². The summed E-state index contributed by atoms with van der Waals surface area (Å²) in [7, 11) is 0. The van der Waals surface area contributed by atoms with Gasteiger partial charge in [0.1, 0.15) is 18.4 Å². The van der Waals surface area contributed by atoms with Gasteiger partial charge in [-0.3, -0.25) is 0 Å². The van der Waals surface area contributed by atoms with Crippen LogP contribution in [0.2, 0.25) is 5.02 Å². The first-order chi connectivity index (χ1) is 10.2. The highest BCUT2D eigenvalue weighted by molar-refractivity contribution is 6.31. The van der Waals surface area contributed by atoms with E-state index in [1.54, 1.807) is 17.3 Å². The standard InChI is InChI=1S/C15H15ClN4O/c1-11(7-13-3-2-6-21-13)19-14-8-12(16)4-5-15(14)20-10-17-9-18-20/h2-6,8-11,19H,7H2,1H3. The average molecular weight is 303 g/mol. The van der Waals surface area contributed by atoms with E-state index >= 15 is 0 Å². The van der Waals surface area contributed by atoms with Crippen molar-refractivity contribution in [1.82, 2.24) is 14.8 Å². The Morgan fingerprint density at radius 2 is 2.29 bits per heavy atom. The minimum absolute atomic E-state index is 0.192. The summed E-state index contributed by atoms with van der Waals surface area (Å²) in [6, 6.07) is 9.69. The number of hydrogen-bond donors (Lipinski definition) is 1. The van der Waals surface area contributed by atoms with Crippen LogP contribution in [-0.4, -0.2) is 20.8 Å². The normalized spacial score (nSPS) is 12.3. The van der Waals surface area contributed by atoms with Gasteiger partial charge in [-0.15, -0.1) is 0 Å². The highest BCUT2D eigenvalue weighted by Crippen LogP contribution is 2.25. The van der Waals surface area contributed by atoms with Crippen molar-refractivity contribution in [3.05, 3.63) is 60.0 Å². The summed E-state index contributed by atoms with van der Waals surface area (Å²) in [6.07, 6.45) is 5.63. The first-order valence-corrected chi connectivity index (χ1v) is 7.03. The van der Waals surface area contributed by atoms with Gasteiger partial charge in [0, 0.05) is 17.5 Å². The predicted octanol–water partition coefficient (Wildman–Crippen LogP) is 3.56. The van der Waals surface area contributed by atoms with E-state index in [4.69, 9.17) is 16.0 Å². The number of halogens is 1. The van der Waals surface area contributed by atoms with Crippen molar-refractivity contribution in [2.75, 3.05) is 5.32 Å². The molecule has 1 aromatic carbocycles. The Kier molecular flexibility index (Phi) is 3.92. The molecular formula is C15H15ClN4O. The Morgan fingerprint density at radius 1 is 1.38 bits per heavy atom. The third-order valence-electron chi connectivity index (χ3n) is 3.11. The maximum atomic E-state index is 6.10. The van der Waals surface area contributed by atoms with Crippen LogP contribution >= 0.6 is 11.6 Å². The average Bonchev–Trinajstić information content (AvgIpc) is 3.11. The predicted molar refractivity (Wildman–Crippen MR) is 81.9 cm³/mol. The van der Waals surface area contributed by atoms with E-state index in [2.05, 4.69) is 22.3 Å². The Bertz CT molecular complexity index is 695. The molecule has 0 aliphatic carbocycles. The second-order valence-corrected chi connectivity index (χ2v) is 5.27. The van der Waals surface area contributed by atoms with Crippen LogP contribution in [0.4, 0.5) is 5.69 Å². The number of anilines is 1. The smallest absolute Gasteiger partial charge is 0.138 e. The van der Waals surface area contributed by atoms with Crippen LogP contribution in [0.1, 0.15) is 12.7 Å². The number of rotatable bonds is 5. The molecule has 0 spiro atoms. The van der Waals surface area contributed by atoms with Crippen LogP contribution in [-0.2, 0) is 6.42 Å². The Balaban J connectivity index is 1.82. The molecule has 2 heterocycles. The van der Waals surface area contributed by atoms with E-state index in [9.17, 15) is 0 Å². The molecule has 108 valence electrons.